The molecule has 0 fully saturated rings. The number of nitrogens with one attached hydrogen (secondary N) is 1. The van der Waals surface area contributed by atoms with E-state index in [2.05, 4.69) is 9.71 Å². The van der Waals surface area contributed by atoms with Gasteiger partial charge in [-0.15, -0.1) is 0 Å². The highest BCUT2D eigenvalue weighted by Crippen LogP contribution is 2.13. The van der Waals surface area contributed by atoms with Crippen molar-refractivity contribution in [3.05, 3.63) is 24.0 Å². The fourth-order valence-corrected chi connectivity index (χ4v) is 2.41. The smallest absolute Gasteiger partial charge is 0.243 e. The molecular weight excluding hydrogens is 254 g/mol. The van der Waals surface area contributed by atoms with Gasteiger partial charge in [-0.1, -0.05) is 0 Å². The third-order valence-electron chi connectivity index (χ3n) is 2.41. The number of sulfonamides is 1. The van der Waals surface area contributed by atoms with Crippen LogP contribution in [0, 0.1) is 11.3 Å². The molecule has 0 aromatic carbocycles. The summed E-state index contributed by atoms with van der Waals surface area (Å²) in [5.41, 5.74) is -0.748. The van der Waals surface area contributed by atoms with Gasteiger partial charge in [0.25, 0.3) is 0 Å². The molecule has 0 saturated heterocycles. The van der Waals surface area contributed by atoms with Gasteiger partial charge >= 0.3 is 0 Å². The van der Waals surface area contributed by atoms with Crippen molar-refractivity contribution in [1.29, 1.82) is 5.26 Å². The maximum atomic E-state index is 12.0. The van der Waals surface area contributed by atoms with Crippen LogP contribution in [-0.4, -0.2) is 32.7 Å². The molecule has 0 aliphatic carbocycles. The van der Waals surface area contributed by atoms with Gasteiger partial charge < -0.3 is 4.74 Å². The molecule has 1 aromatic heterocycles. The Balaban J connectivity index is 2.98. The van der Waals surface area contributed by atoms with Crippen molar-refractivity contribution in [2.45, 2.75) is 24.3 Å². The van der Waals surface area contributed by atoms with Gasteiger partial charge in [0.15, 0.2) is 5.69 Å². The average Bonchev–Trinajstić information content (AvgIpc) is 2.37. The van der Waals surface area contributed by atoms with Gasteiger partial charge in [0.2, 0.25) is 10.0 Å². The maximum absolute atomic E-state index is 12.0. The molecule has 0 unspecified atom stereocenters. The number of ether oxygens (including phenoxy) is 1. The Morgan fingerprint density at radius 2 is 2.22 bits per heavy atom. The van der Waals surface area contributed by atoms with E-state index >= 15 is 0 Å². The summed E-state index contributed by atoms with van der Waals surface area (Å²) in [6, 6.07) is 4.56. The minimum absolute atomic E-state index is 0.103. The monoisotopic (exact) mass is 269 g/mol. The molecule has 1 N–H and O–H groups in total. The minimum atomic E-state index is -3.76. The molecule has 0 atom stereocenters. The lowest BCUT2D eigenvalue weighted by molar-refractivity contribution is 0.0276. The molecule has 7 heteroatoms. The highest BCUT2D eigenvalue weighted by atomic mass is 32.2. The SMILES string of the molecule is COC(C)(C)CNS(=O)(=O)c1cccnc1C#N. The summed E-state index contributed by atoms with van der Waals surface area (Å²) in [7, 11) is -2.26. The van der Waals surface area contributed by atoms with Gasteiger partial charge in [0.1, 0.15) is 11.0 Å². The highest BCUT2D eigenvalue weighted by Gasteiger charge is 2.24. The number of nitrogens with zero attached hydrogens (tertiary/aromatic N) is 2. The molecule has 98 valence electrons. The van der Waals surface area contributed by atoms with Crippen LogP contribution in [0.3, 0.4) is 0 Å². The number of hydrogen-bond acceptors (Lipinski definition) is 5. The lowest BCUT2D eigenvalue weighted by Crippen LogP contribution is -2.39. The molecule has 0 aliphatic rings. The number of methoxy groups -OCH3 is 1. The normalized spacial score (nSPS) is 12.1. The van der Waals surface area contributed by atoms with Crippen LogP contribution in [0.2, 0.25) is 0 Å². The largest absolute Gasteiger partial charge is 0.377 e. The molecule has 18 heavy (non-hydrogen) atoms. The van der Waals surface area contributed by atoms with E-state index in [-0.39, 0.29) is 17.1 Å². The standard InChI is InChI=1S/C11H15N3O3S/c1-11(2,17-3)8-14-18(15,16)10-5-4-6-13-9(10)7-12/h4-6,14H,8H2,1-3H3. The Morgan fingerprint density at radius 1 is 1.56 bits per heavy atom. The van der Waals surface area contributed by atoms with Crippen molar-refractivity contribution in [1.82, 2.24) is 9.71 Å². The molecule has 0 aliphatic heterocycles. The van der Waals surface area contributed by atoms with Crippen molar-refractivity contribution in [3.8, 4) is 6.07 Å². The second-order valence-corrected chi connectivity index (χ2v) is 5.99. The number of pyridine rings is 1. The van der Waals surface area contributed by atoms with Gasteiger partial charge in [-0.3, -0.25) is 0 Å². The summed E-state index contributed by atoms with van der Waals surface area (Å²) in [4.78, 5) is 3.59. The third-order valence-corrected chi connectivity index (χ3v) is 3.84. The van der Waals surface area contributed by atoms with E-state index in [9.17, 15) is 8.42 Å². The summed E-state index contributed by atoms with van der Waals surface area (Å²) in [6.07, 6.45) is 1.37. The Bertz CT molecular complexity index is 561. The van der Waals surface area contributed by atoms with Gasteiger partial charge in [0.05, 0.1) is 5.60 Å². The van der Waals surface area contributed by atoms with Crippen LogP contribution < -0.4 is 4.72 Å². The third kappa shape index (κ3) is 3.50. The zero-order chi connectivity index (χ0) is 13.8. The molecule has 6 nitrogen and oxygen atoms in total. The van der Waals surface area contributed by atoms with Crippen LogP contribution >= 0.6 is 0 Å². The summed E-state index contributed by atoms with van der Waals surface area (Å²) >= 11 is 0. The predicted molar refractivity (Wildman–Crippen MR) is 65.2 cm³/mol. The van der Waals surface area contributed by atoms with Crippen LogP contribution in [0.5, 0.6) is 0 Å². The molecule has 1 aromatic rings. The summed E-state index contributed by atoms with van der Waals surface area (Å²) in [5, 5.41) is 8.83. The second-order valence-electron chi connectivity index (χ2n) is 4.25. The summed E-state index contributed by atoms with van der Waals surface area (Å²) < 4.78 is 31.5. The second kappa shape index (κ2) is 5.44. The molecule has 0 radical (unpaired) electrons. The van der Waals surface area contributed by atoms with Gasteiger partial charge in [-0.2, -0.15) is 5.26 Å². The lowest BCUT2D eigenvalue weighted by atomic mass is 10.1. The van der Waals surface area contributed by atoms with Crippen LogP contribution in [0.4, 0.5) is 0 Å². The summed E-state index contributed by atoms with van der Waals surface area (Å²) in [6.45, 7) is 3.61. The first-order valence-corrected chi connectivity index (χ1v) is 6.70. The Hall–Kier alpha value is -1.49. The van der Waals surface area contributed by atoms with E-state index in [0.29, 0.717) is 0 Å². The number of aromatic nitrogens is 1. The molecular formula is C11H15N3O3S. The first-order chi connectivity index (χ1) is 8.32. The maximum Gasteiger partial charge on any atom is 0.243 e. The van der Waals surface area contributed by atoms with E-state index in [4.69, 9.17) is 10.00 Å². The molecule has 1 rings (SSSR count). The van der Waals surface area contributed by atoms with Crippen LogP contribution in [0.25, 0.3) is 0 Å². The Kier molecular flexibility index (Phi) is 4.40. The van der Waals surface area contributed by atoms with Gasteiger partial charge in [-0.05, 0) is 26.0 Å². The lowest BCUT2D eigenvalue weighted by Gasteiger charge is -2.23. The minimum Gasteiger partial charge on any atom is -0.377 e. The van der Waals surface area contributed by atoms with Crippen LogP contribution in [0.1, 0.15) is 19.5 Å². The van der Waals surface area contributed by atoms with Gasteiger partial charge in [0, 0.05) is 19.9 Å². The van der Waals surface area contributed by atoms with Crippen LogP contribution in [-0.2, 0) is 14.8 Å². The van der Waals surface area contributed by atoms with E-state index in [0.717, 1.165) is 0 Å². The molecule has 0 spiro atoms. The number of nitriles is 1. The predicted octanol–water partition coefficient (Wildman–Crippen LogP) is 0.657. The Morgan fingerprint density at radius 3 is 2.78 bits per heavy atom. The molecule has 0 saturated carbocycles. The van der Waals surface area contributed by atoms with Crippen molar-refractivity contribution >= 4 is 10.0 Å². The van der Waals surface area contributed by atoms with Crippen molar-refractivity contribution in [2.24, 2.45) is 0 Å². The molecule has 1 heterocycles. The molecule has 0 amide bonds. The quantitative estimate of drug-likeness (QED) is 0.847. The zero-order valence-electron chi connectivity index (χ0n) is 10.5. The first kappa shape index (κ1) is 14.6. The number of rotatable bonds is 5. The topological polar surface area (TPSA) is 92.1 Å². The fourth-order valence-electron chi connectivity index (χ4n) is 1.11. The molecule has 0 bridgehead atoms. The van der Waals surface area contributed by atoms with Crippen molar-refractivity contribution < 1.29 is 13.2 Å². The Labute approximate surface area is 107 Å². The van der Waals surface area contributed by atoms with Crippen molar-refractivity contribution in [2.75, 3.05) is 13.7 Å². The average molecular weight is 269 g/mol. The van der Waals surface area contributed by atoms with Crippen molar-refractivity contribution in [3.63, 3.8) is 0 Å². The highest BCUT2D eigenvalue weighted by molar-refractivity contribution is 7.89. The van der Waals surface area contributed by atoms with E-state index < -0.39 is 15.6 Å². The fraction of sp³-hybridized carbons (Fsp3) is 0.455. The van der Waals surface area contributed by atoms with Gasteiger partial charge in [-0.25, -0.2) is 18.1 Å². The van der Waals surface area contributed by atoms with Crippen LogP contribution in [0.15, 0.2) is 23.2 Å². The zero-order valence-corrected chi connectivity index (χ0v) is 11.3. The first-order valence-electron chi connectivity index (χ1n) is 5.22. The summed E-state index contributed by atoms with van der Waals surface area (Å²) in [5.74, 6) is 0. The van der Waals surface area contributed by atoms with E-state index in [1.165, 1.54) is 25.4 Å². The number of hydrogen-bond donors (Lipinski definition) is 1. The van der Waals surface area contributed by atoms with E-state index in [1.54, 1.807) is 19.9 Å². The van der Waals surface area contributed by atoms with E-state index in [1.807, 2.05) is 0 Å².